The van der Waals surface area contributed by atoms with Crippen LogP contribution in [0.15, 0.2) is 35.7 Å². The molecule has 0 fully saturated rings. The van der Waals surface area contributed by atoms with Gasteiger partial charge in [0.25, 0.3) is 0 Å². The lowest BCUT2D eigenvalue weighted by Gasteiger charge is -2.20. The van der Waals surface area contributed by atoms with Crippen molar-refractivity contribution < 1.29 is 5.11 Å². The molecule has 0 aliphatic heterocycles. The molecule has 1 heterocycles. The number of aliphatic hydroxyl groups is 1. The molecule has 0 saturated heterocycles. The van der Waals surface area contributed by atoms with Gasteiger partial charge < -0.3 is 5.11 Å². The number of thiophene rings is 1. The van der Waals surface area contributed by atoms with Crippen LogP contribution in [0.2, 0.25) is 10.0 Å². The minimum atomic E-state index is 0.146. The van der Waals surface area contributed by atoms with E-state index in [9.17, 15) is 0 Å². The van der Waals surface area contributed by atoms with Crippen molar-refractivity contribution in [2.75, 3.05) is 13.2 Å². The van der Waals surface area contributed by atoms with Gasteiger partial charge in [-0.2, -0.15) is 0 Å². The molecule has 0 saturated carbocycles. The zero-order valence-corrected chi connectivity index (χ0v) is 12.7. The van der Waals surface area contributed by atoms with Gasteiger partial charge in [0.05, 0.1) is 16.7 Å². The third-order valence-corrected chi connectivity index (χ3v) is 4.37. The van der Waals surface area contributed by atoms with Crippen LogP contribution in [0, 0.1) is 0 Å². The van der Waals surface area contributed by atoms with E-state index in [2.05, 4.69) is 16.3 Å². The highest BCUT2D eigenvalue weighted by atomic mass is 35.5. The third kappa shape index (κ3) is 4.48. The number of nitrogens with zero attached hydrogens (tertiary/aromatic N) is 1. The van der Waals surface area contributed by atoms with Crippen molar-refractivity contribution in [2.24, 2.45) is 0 Å². The second kappa shape index (κ2) is 7.27. The maximum absolute atomic E-state index is 9.16. The van der Waals surface area contributed by atoms with E-state index in [1.54, 1.807) is 11.3 Å². The summed E-state index contributed by atoms with van der Waals surface area (Å²) in [5.74, 6) is 0. The number of aliphatic hydroxyl groups excluding tert-OH is 1. The van der Waals surface area contributed by atoms with Gasteiger partial charge in [-0.3, -0.25) is 4.90 Å². The van der Waals surface area contributed by atoms with Crippen LogP contribution in [0.25, 0.3) is 0 Å². The van der Waals surface area contributed by atoms with E-state index in [0.29, 0.717) is 16.6 Å². The van der Waals surface area contributed by atoms with E-state index in [4.69, 9.17) is 28.3 Å². The molecule has 0 unspecified atom stereocenters. The molecule has 0 aliphatic rings. The average Bonchev–Trinajstić information content (AvgIpc) is 2.87. The Labute approximate surface area is 127 Å². The SMILES string of the molecule is OCCN(Cc1ccc(Cl)c(Cl)c1)Cc1cccs1. The van der Waals surface area contributed by atoms with Gasteiger partial charge in [0.15, 0.2) is 0 Å². The van der Waals surface area contributed by atoms with Gasteiger partial charge in [0, 0.05) is 24.5 Å². The van der Waals surface area contributed by atoms with Gasteiger partial charge in [-0.1, -0.05) is 35.3 Å². The summed E-state index contributed by atoms with van der Waals surface area (Å²) in [5.41, 5.74) is 1.10. The Morgan fingerprint density at radius 3 is 2.58 bits per heavy atom. The molecule has 2 nitrogen and oxygen atoms in total. The van der Waals surface area contributed by atoms with Crippen molar-refractivity contribution in [3.05, 3.63) is 56.2 Å². The van der Waals surface area contributed by atoms with Crippen molar-refractivity contribution in [1.82, 2.24) is 4.90 Å². The first-order valence-corrected chi connectivity index (χ1v) is 7.62. The molecular weight excluding hydrogens is 301 g/mol. The largest absolute Gasteiger partial charge is 0.395 e. The quantitative estimate of drug-likeness (QED) is 0.869. The Bertz CT molecular complexity index is 516. The molecule has 0 aliphatic carbocycles. The third-order valence-electron chi connectivity index (χ3n) is 2.77. The normalized spacial score (nSPS) is 11.2. The summed E-state index contributed by atoms with van der Waals surface area (Å²) in [7, 11) is 0. The van der Waals surface area contributed by atoms with Crippen LogP contribution >= 0.6 is 34.5 Å². The Morgan fingerprint density at radius 2 is 1.95 bits per heavy atom. The van der Waals surface area contributed by atoms with Gasteiger partial charge in [-0.15, -0.1) is 11.3 Å². The molecule has 0 atom stereocenters. The first-order valence-electron chi connectivity index (χ1n) is 5.98. The minimum absolute atomic E-state index is 0.146. The fraction of sp³-hybridized carbons (Fsp3) is 0.286. The van der Waals surface area contributed by atoms with Gasteiger partial charge in [-0.05, 0) is 29.1 Å². The van der Waals surface area contributed by atoms with E-state index >= 15 is 0 Å². The molecule has 0 amide bonds. The van der Waals surface area contributed by atoms with E-state index in [-0.39, 0.29) is 6.61 Å². The molecule has 0 spiro atoms. The topological polar surface area (TPSA) is 23.5 Å². The van der Waals surface area contributed by atoms with Crippen LogP contribution in [-0.2, 0) is 13.1 Å². The summed E-state index contributed by atoms with van der Waals surface area (Å²) in [6.07, 6.45) is 0. The van der Waals surface area contributed by atoms with Crippen molar-refractivity contribution >= 4 is 34.5 Å². The summed E-state index contributed by atoms with van der Waals surface area (Å²) in [6, 6.07) is 9.79. The van der Waals surface area contributed by atoms with Crippen LogP contribution in [0.3, 0.4) is 0 Å². The lowest BCUT2D eigenvalue weighted by Crippen LogP contribution is -2.25. The highest BCUT2D eigenvalue weighted by Crippen LogP contribution is 2.23. The van der Waals surface area contributed by atoms with Crippen molar-refractivity contribution in [3.63, 3.8) is 0 Å². The highest BCUT2D eigenvalue weighted by molar-refractivity contribution is 7.09. The smallest absolute Gasteiger partial charge is 0.0595 e. The number of benzene rings is 1. The minimum Gasteiger partial charge on any atom is -0.395 e. The zero-order valence-electron chi connectivity index (χ0n) is 10.4. The van der Waals surface area contributed by atoms with Crippen molar-refractivity contribution in [1.29, 1.82) is 0 Å². The monoisotopic (exact) mass is 315 g/mol. The zero-order chi connectivity index (χ0) is 13.7. The Kier molecular flexibility index (Phi) is 5.67. The summed E-state index contributed by atoms with van der Waals surface area (Å²) in [5, 5.41) is 12.4. The van der Waals surface area contributed by atoms with E-state index in [1.807, 2.05) is 24.3 Å². The number of halogens is 2. The van der Waals surface area contributed by atoms with Gasteiger partial charge in [0.1, 0.15) is 0 Å². The summed E-state index contributed by atoms with van der Waals surface area (Å²) in [6.45, 7) is 2.36. The maximum Gasteiger partial charge on any atom is 0.0595 e. The number of hydrogen-bond donors (Lipinski definition) is 1. The molecule has 0 radical (unpaired) electrons. The maximum atomic E-state index is 9.16. The van der Waals surface area contributed by atoms with Gasteiger partial charge >= 0.3 is 0 Å². The van der Waals surface area contributed by atoms with Crippen LogP contribution in [0.1, 0.15) is 10.4 Å². The number of rotatable bonds is 6. The van der Waals surface area contributed by atoms with Crippen LogP contribution in [-0.4, -0.2) is 23.2 Å². The Morgan fingerprint density at radius 1 is 1.11 bits per heavy atom. The van der Waals surface area contributed by atoms with Crippen LogP contribution in [0.5, 0.6) is 0 Å². The molecular formula is C14H15Cl2NOS. The molecule has 5 heteroatoms. The predicted octanol–water partition coefficient (Wildman–Crippen LogP) is 4.05. The van der Waals surface area contributed by atoms with E-state index in [1.165, 1.54) is 4.88 Å². The van der Waals surface area contributed by atoms with Crippen molar-refractivity contribution in [3.8, 4) is 0 Å². The van der Waals surface area contributed by atoms with Gasteiger partial charge in [-0.25, -0.2) is 0 Å². The summed E-state index contributed by atoms with van der Waals surface area (Å²) in [4.78, 5) is 3.47. The lowest BCUT2D eigenvalue weighted by atomic mass is 10.2. The standard InChI is InChI=1S/C14H15Cl2NOS/c15-13-4-3-11(8-14(13)16)9-17(5-6-18)10-12-2-1-7-19-12/h1-4,7-8,18H,5-6,9-10H2. The Balaban J connectivity index is 2.05. The average molecular weight is 316 g/mol. The second-order valence-corrected chi connectivity index (χ2v) is 6.11. The fourth-order valence-electron chi connectivity index (χ4n) is 1.87. The van der Waals surface area contributed by atoms with E-state index in [0.717, 1.165) is 18.7 Å². The first-order chi connectivity index (χ1) is 9.19. The molecule has 0 bridgehead atoms. The van der Waals surface area contributed by atoms with Crippen molar-refractivity contribution in [2.45, 2.75) is 13.1 Å². The number of hydrogen-bond acceptors (Lipinski definition) is 3. The molecule has 2 rings (SSSR count). The van der Waals surface area contributed by atoms with Crippen LogP contribution in [0.4, 0.5) is 0 Å². The predicted molar refractivity (Wildman–Crippen MR) is 82.0 cm³/mol. The molecule has 19 heavy (non-hydrogen) atoms. The summed E-state index contributed by atoms with van der Waals surface area (Å²) < 4.78 is 0. The highest BCUT2D eigenvalue weighted by Gasteiger charge is 2.08. The summed E-state index contributed by atoms with van der Waals surface area (Å²) >= 11 is 13.7. The second-order valence-electron chi connectivity index (χ2n) is 4.26. The van der Waals surface area contributed by atoms with E-state index < -0.39 is 0 Å². The molecule has 1 N–H and O–H groups in total. The van der Waals surface area contributed by atoms with Crippen LogP contribution < -0.4 is 0 Å². The molecule has 102 valence electrons. The lowest BCUT2D eigenvalue weighted by molar-refractivity contribution is 0.185. The first kappa shape index (κ1) is 14.8. The molecule has 2 aromatic rings. The fourth-order valence-corrected chi connectivity index (χ4v) is 2.94. The Hall–Kier alpha value is -0.580. The molecule has 1 aromatic carbocycles. The molecule has 1 aromatic heterocycles. The van der Waals surface area contributed by atoms with Gasteiger partial charge in [0.2, 0.25) is 0 Å².